The zero-order chi connectivity index (χ0) is 17.8. The Kier molecular flexibility index (Phi) is 5.51. The molecule has 5 nitrogen and oxygen atoms in total. The largest absolute Gasteiger partial charge is 0.445 e. The second kappa shape index (κ2) is 8.18. The number of nitrogens with zero attached hydrogens (tertiary/aromatic N) is 2. The first kappa shape index (κ1) is 17.5. The highest BCUT2D eigenvalue weighted by atomic mass is 32.1. The summed E-state index contributed by atoms with van der Waals surface area (Å²) in [5.41, 5.74) is 2.31. The monoisotopic (exact) mass is 371 g/mol. The molecule has 1 aromatic carbocycles. The van der Waals surface area contributed by atoms with Crippen LogP contribution in [0, 0.1) is 0 Å². The van der Waals surface area contributed by atoms with Crippen molar-refractivity contribution in [3.8, 4) is 0 Å². The minimum atomic E-state index is -0.201. The summed E-state index contributed by atoms with van der Waals surface area (Å²) in [5.74, 6) is 0.484. The molecule has 0 spiro atoms. The molecule has 2 aliphatic heterocycles. The van der Waals surface area contributed by atoms with Crippen LogP contribution >= 0.6 is 11.3 Å². The third-order valence-corrected chi connectivity index (χ3v) is 6.49. The second-order valence-electron chi connectivity index (χ2n) is 6.97. The molecule has 2 aliphatic rings. The molecule has 0 atom stereocenters. The van der Waals surface area contributed by atoms with Gasteiger partial charge in [-0.15, -0.1) is 11.3 Å². The summed E-state index contributed by atoms with van der Waals surface area (Å²) in [6.45, 7) is 3.93. The van der Waals surface area contributed by atoms with Crippen molar-refractivity contribution in [1.29, 1.82) is 0 Å². The molecule has 6 heteroatoms. The Morgan fingerprint density at radius 3 is 2.77 bits per heavy atom. The lowest BCUT2D eigenvalue weighted by molar-refractivity contribution is 0.0870. The lowest BCUT2D eigenvalue weighted by atomic mass is 9.98. The van der Waals surface area contributed by atoms with Crippen LogP contribution in [-0.2, 0) is 24.2 Å². The van der Waals surface area contributed by atoms with E-state index in [1.54, 1.807) is 0 Å². The molecule has 1 saturated heterocycles. The van der Waals surface area contributed by atoms with Gasteiger partial charge in [-0.05, 0) is 24.8 Å². The van der Waals surface area contributed by atoms with E-state index >= 15 is 0 Å². The van der Waals surface area contributed by atoms with E-state index in [0.29, 0.717) is 12.5 Å². The van der Waals surface area contributed by atoms with Gasteiger partial charge in [0.25, 0.3) is 0 Å². The standard InChI is InChI=1S/C20H25N3O2S/c24-20(25-14-15-4-2-1-3-5-15)23-12-8-16(9-13-23)19-22-17-6-10-21-11-7-18(17)26-19/h1-5,16,21H,6-14H2. The van der Waals surface area contributed by atoms with Gasteiger partial charge in [0, 0.05) is 43.4 Å². The number of hydrogen-bond donors (Lipinski definition) is 1. The molecular formula is C20H25N3O2S. The van der Waals surface area contributed by atoms with Crippen molar-refractivity contribution in [2.75, 3.05) is 26.2 Å². The van der Waals surface area contributed by atoms with Crippen LogP contribution in [0.1, 0.15) is 39.9 Å². The van der Waals surface area contributed by atoms with E-state index in [-0.39, 0.29) is 6.09 Å². The molecule has 3 heterocycles. The molecule has 1 N–H and O–H groups in total. The summed E-state index contributed by atoms with van der Waals surface area (Å²) in [7, 11) is 0. The van der Waals surface area contributed by atoms with Crippen molar-refractivity contribution in [2.24, 2.45) is 0 Å². The van der Waals surface area contributed by atoms with Gasteiger partial charge in [-0.25, -0.2) is 9.78 Å². The maximum atomic E-state index is 12.3. The summed E-state index contributed by atoms with van der Waals surface area (Å²) in [6, 6.07) is 9.83. The van der Waals surface area contributed by atoms with Crippen LogP contribution in [0.2, 0.25) is 0 Å². The quantitative estimate of drug-likeness (QED) is 0.899. The van der Waals surface area contributed by atoms with E-state index < -0.39 is 0 Å². The minimum Gasteiger partial charge on any atom is -0.445 e. The van der Waals surface area contributed by atoms with Crippen molar-refractivity contribution >= 4 is 17.4 Å². The minimum absolute atomic E-state index is 0.201. The lowest BCUT2D eigenvalue weighted by Crippen LogP contribution is -2.38. The summed E-state index contributed by atoms with van der Waals surface area (Å²) in [6.07, 6.45) is 3.89. The third kappa shape index (κ3) is 4.07. The molecule has 0 saturated carbocycles. The van der Waals surface area contributed by atoms with Gasteiger partial charge in [0.2, 0.25) is 0 Å². The van der Waals surface area contributed by atoms with Crippen LogP contribution in [-0.4, -0.2) is 42.2 Å². The summed E-state index contributed by atoms with van der Waals surface area (Å²) in [5, 5.41) is 4.70. The molecule has 4 rings (SSSR count). The van der Waals surface area contributed by atoms with Crippen LogP contribution < -0.4 is 5.32 Å². The molecular weight excluding hydrogens is 346 g/mol. The smallest absolute Gasteiger partial charge is 0.410 e. The van der Waals surface area contributed by atoms with Crippen LogP contribution in [0.25, 0.3) is 0 Å². The molecule has 1 aromatic heterocycles. The van der Waals surface area contributed by atoms with Gasteiger partial charge < -0.3 is 15.0 Å². The van der Waals surface area contributed by atoms with E-state index in [1.165, 1.54) is 15.6 Å². The van der Waals surface area contributed by atoms with Gasteiger partial charge in [0.15, 0.2) is 0 Å². The molecule has 2 aromatic rings. The van der Waals surface area contributed by atoms with Crippen molar-refractivity contribution in [2.45, 2.75) is 38.2 Å². The number of nitrogens with one attached hydrogen (secondary N) is 1. The van der Waals surface area contributed by atoms with Crippen molar-refractivity contribution in [3.63, 3.8) is 0 Å². The molecule has 0 bridgehead atoms. The van der Waals surface area contributed by atoms with Crippen LogP contribution in [0.3, 0.4) is 0 Å². The summed E-state index contributed by atoms with van der Waals surface area (Å²) < 4.78 is 5.46. The number of thiazole rings is 1. The normalized spacial score (nSPS) is 18.2. The Hall–Kier alpha value is -1.92. The fourth-order valence-corrected chi connectivity index (χ4v) is 4.90. The first-order valence-corrected chi connectivity index (χ1v) is 10.3. The Morgan fingerprint density at radius 1 is 1.19 bits per heavy atom. The second-order valence-corrected chi connectivity index (χ2v) is 8.09. The maximum Gasteiger partial charge on any atom is 0.410 e. The molecule has 0 aliphatic carbocycles. The Labute approximate surface area is 158 Å². The number of carbonyl (C=O) groups excluding carboxylic acids is 1. The molecule has 138 valence electrons. The maximum absolute atomic E-state index is 12.3. The van der Waals surface area contributed by atoms with Crippen molar-refractivity contribution < 1.29 is 9.53 Å². The highest BCUT2D eigenvalue weighted by Gasteiger charge is 2.27. The average Bonchev–Trinajstić information content (AvgIpc) is 2.97. The number of aromatic nitrogens is 1. The van der Waals surface area contributed by atoms with Gasteiger partial charge in [0.1, 0.15) is 6.61 Å². The van der Waals surface area contributed by atoms with Gasteiger partial charge in [-0.1, -0.05) is 30.3 Å². The predicted octanol–water partition coefficient (Wildman–Crippen LogP) is 3.35. The Morgan fingerprint density at radius 2 is 1.96 bits per heavy atom. The van der Waals surface area contributed by atoms with E-state index in [1.807, 2.05) is 46.6 Å². The van der Waals surface area contributed by atoms with Gasteiger partial charge in [-0.3, -0.25) is 0 Å². The first-order chi connectivity index (χ1) is 12.8. The van der Waals surface area contributed by atoms with Crippen molar-refractivity contribution in [1.82, 2.24) is 15.2 Å². The fourth-order valence-electron chi connectivity index (χ4n) is 3.62. The fraction of sp³-hybridized carbons (Fsp3) is 0.500. The van der Waals surface area contributed by atoms with E-state index in [4.69, 9.17) is 9.72 Å². The van der Waals surface area contributed by atoms with Crippen LogP contribution in [0.4, 0.5) is 4.79 Å². The zero-order valence-electron chi connectivity index (χ0n) is 14.9. The number of benzene rings is 1. The van der Waals surface area contributed by atoms with E-state index in [0.717, 1.165) is 57.4 Å². The predicted molar refractivity (Wildman–Crippen MR) is 103 cm³/mol. The highest BCUT2D eigenvalue weighted by Crippen LogP contribution is 2.33. The number of fused-ring (bicyclic) bond motifs is 1. The molecule has 0 radical (unpaired) electrons. The molecule has 0 unspecified atom stereocenters. The number of likely N-dealkylation sites (tertiary alicyclic amines) is 1. The Balaban J connectivity index is 1.29. The SMILES string of the molecule is O=C(OCc1ccccc1)N1CCC(c2nc3c(s2)CCNCC3)CC1. The van der Waals surface area contributed by atoms with Gasteiger partial charge >= 0.3 is 6.09 Å². The number of ether oxygens (including phenoxy) is 1. The van der Waals surface area contributed by atoms with Crippen LogP contribution in [0.15, 0.2) is 30.3 Å². The number of amides is 1. The van der Waals surface area contributed by atoms with Crippen molar-refractivity contribution in [3.05, 3.63) is 51.5 Å². The first-order valence-electron chi connectivity index (χ1n) is 9.44. The highest BCUT2D eigenvalue weighted by molar-refractivity contribution is 7.11. The number of hydrogen-bond acceptors (Lipinski definition) is 5. The Bertz CT molecular complexity index is 715. The third-order valence-electron chi connectivity index (χ3n) is 5.17. The van der Waals surface area contributed by atoms with Gasteiger partial charge in [0.05, 0.1) is 10.7 Å². The number of piperidine rings is 1. The number of rotatable bonds is 3. The topological polar surface area (TPSA) is 54.5 Å². The zero-order valence-corrected chi connectivity index (χ0v) is 15.8. The molecule has 26 heavy (non-hydrogen) atoms. The molecule has 1 fully saturated rings. The van der Waals surface area contributed by atoms with E-state index in [2.05, 4.69) is 5.32 Å². The summed E-state index contributed by atoms with van der Waals surface area (Å²) in [4.78, 5) is 20.5. The lowest BCUT2D eigenvalue weighted by Gasteiger charge is -2.30. The summed E-state index contributed by atoms with van der Waals surface area (Å²) >= 11 is 1.89. The van der Waals surface area contributed by atoms with Gasteiger partial charge in [-0.2, -0.15) is 0 Å². The molecule has 1 amide bonds. The van der Waals surface area contributed by atoms with E-state index in [9.17, 15) is 4.79 Å². The average molecular weight is 372 g/mol. The van der Waals surface area contributed by atoms with Crippen LogP contribution in [0.5, 0.6) is 0 Å². The number of carbonyl (C=O) groups is 1.